The predicted molar refractivity (Wildman–Crippen MR) is 109 cm³/mol. The Morgan fingerprint density at radius 1 is 1.00 bits per heavy atom. The monoisotopic (exact) mass is 400 g/mol. The third kappa shape index (κ3) is 6.17. The van der Waals surface area contributed by atoms with Gasteiger partial charge >= 0.3 is 0 Å². The fraction of sp³-hybridized carbons (Fsp3) is 0.350. The molecule has 1 aliphatic heterocycles. The smallest absolute Gasteiger partial charge is 0.261 e. The van der Waals surface area contributed by atoms with Crippen LogP contribution in [0.3, 0.4) is 0 Å². The number of hydrogen-bond acceptors (Lipinski definition) is 5. The molecule has 2 heterocycles. The molecule has 0 atom stereocenters. The molecule has 28 heavy (non-hydrogen) atoms. The maximum atomic E-state index is 12.1. The molecular formula is C20H24N4O3S. The normalized spacial score (nSPS) is 15.0. The molecule has 0 radical (unpaired) electrons. The van der Waals surface area contributed by atoms with Crippen molar-refractivity contribution >= 4 is 34.7 Å². The van der Waals surface area contributed by atoms with E-state index in [0.29, 0.717) is 11.4 Å². The van der Waals surface area contributed by atoms with Gasteiger partial charge in [0.05, 0.1) is 18.0 Å². The Balaban J connectivity index is 1.33. The molecule has 7 nitrogen and oxygen atoms in total. The van der Waals surface area contributed by atoms with E-state index in [-0.39, 0.29) is 30.3 Å². The van der Waals surface area contributed by atoms with Gasteiger partial charge in [-0.2, -0.15) is 0 Å². The van der Waals surface area contributed by atoms with Crippen molar-refractivity contribution in [2.75, 3.05) is 31.5 Å². The number of hydrogen-bond donors (Lipinski definition) is 3. The van der Waals surface area contributed by atoms with Crippen LogP contribution < -0.4 is 16.0 Å². The molecule has 8 heteroatoms. The summed E-state index contributed by atoms with van der Waals surface area (Å²) in [6, 6.07) is 13.0. The predicted octanol–water partition coefficient (Wildman–Crippen LogP) is 1.70. The first-order chi connectivity index (χ1) is 13.6. The van der Waals surface area contributed by atoms with Gasteiger partial charge in [-0.15, -0.1) is 11.3 Å². The number of rotatable bonds is 7. The van der Waals surface area contributed by atoms with Crippen LogP contribution in [-0.2, 0) is 9.59 Å². The molecule has 0 unspecified atom stereocenters. The van der Waals surface area contributed by atoms with Gasteiger partial charge in [0.15, 0.2) is 0 Å². The van der Waals surface area contributed by atoms with E-state index in [2.05, 4.69) is 20.9 Å². The number of nitrogens with zero attached hydrogens (tertiary/aromatic N) is 1. The topological polar surface area (TPSA) is 90.5 Å². The fourth-order valence-corrected chi connectivity index (χ4v) is 3.73. The van der Waals surface area contributed by atoms with E-state index in [0.717, 1.165) is 31.6 Å². The zero-order chi connectivity index (χ0) is 19.8. The molecule has 1 saturated heterocycles. The second kappa shape index (κ2) is 10.0. The number of likely N-dealkylation sites (tertiary alicyclic amines) is 1. The molecule has 1 aromatic carbocycles. The lowest BCUT2D eigenvalue weighted by Crippen LogP contribution is -2.48. The summed E-state index contributed by atoms with van der Waals surface area (Å²) >= 11 is 1.34. The number of amides is 3. The highest BCUT2D eigenvalue weighted by atomic mass is 32.1. The summed E-state index contributed by atoms with van der Waals surface area (Å²) in [7, 11) is 0. The largest absolute Gasteiger partial charge is 0.352 e. The molecule has 2 aromatic rings. The van der Waals surface area contributed by atoms with Crippen molar-refractivity contribution in [1.82, 2.24) is 15.5 Å². The van der Waals surface area contributed by atoms with E-state index >= 15 is 0 Å². The molecule has 0 spiro atoms. The molecule has 1 aromatic heterocycles. The minimum Gasteiger partial charge on any atom is -0.352 e. The van der Waals surface area contributed by atoms with Crippen molar-refractivity contribution in [3.63, 3.8) is 0 Å². The maximum absolute atomic E-state index is 12.1. The first kappa shape index (κ1) is 20.0. The Kier molecular flexibility index (Phi) is 7.16. The summed E-state index contributed by atoms with van der Waals surface area (Å²) in [4.78, 5) is 38.7. The fourth-order valence-electron chi connectivity index (χ4n) is 3.09. The minimum absolute atomic E-state index is 0.0313. The second-order valence-electron chi connectivity index (χ2n) is 6.69. The zero-order valence-corrected chi connectivity index (χ0v) is 16.3. The molecule has 3 amide bonds. The summed E-state index contributed by atoms with van der Waals surface area (Å²) in [5.74, 6) is -0.459. The van der Waals surface area contributed by atoms with Crippen LogP contribution >= 0.6 is 11.3 Å². The van der Waals surface area contributed by atoms with Crippen LogP contribution in [0.2, 0.25) is 0 Å². The average molecular weight is 401 g/mol. The summed E-state index contributed by atoms with van der Waals surface area (Å²) in [6.45, 7) is 1.80. The molecule has 0 bridgehead atoms. The second-order valence-corrected chi connectivity index (χ2v) is 7.64. The minimum atomic E-state index is -0.232. The van der Waals surface area contributed by atoms with Gasteiger partial charge in [0.1, 0.15) is 0 Å². The summed E-state index contributed by atoms with van der Waals surface area (Å²) < 4.78 is 0. The third-order valence-corrected chi connectivity index (χ3v) is 5.40. The standard InChI is InChI=1S/C20H24N4O3S/c25-18(13-21-20(27)17-7-4-12-28-17)22-16-8-10-24(11-9-16)14-19(26)23-15-5-2-1-3-6-15/h1-7,12,16H,8-11,13-14H2,(H,21,27)(H,22,25)(H,23,26). The van der Waals surface area contributed by atoms with E-state index in [1.165, 1.54) is 11.3 Å². The molecule has 0 saturated carbocycles. The molecule has 0 aliphatic carbocycles. The Morgan fingerprint density at radius 3 is 2.43 bits per heavy atom. The summed E-state index contributed by atoms with van der Waals surface area (Å²) in [5.41, 5.74) is 0.791. The maximum Gasteiger partial charge on any atom is 0.261 e. The van der Waals surface area contributed by atoms with Gasteiger partial charge in [0.2, 0.25) is 11.8 Å². The van der Waals surface area contributed by atoms with Crippen LogP contribution in [0.1, 0.15) is 22.5 Å². The number of thiophene rings is 1. The first-order valence-corrected chi connectivity index (χ1v) is 10.2. The number of piperidine rings is 1. The van der Waals surface area contributed by atoms with Gasteiger partial charge in [0.25, 0.3) is 5.91 Å². The lowest BCUT2D eigenvalue weighted by atomic mass is 10.0. The highest BCUT2D eigenvalue weighted by Crippen LogP contribution is 2.11. The number of anilines is 1. The lowest BCUT2D eigenvalue weighted by Gasteiger charge is -2.31. The van der Waals surface area contributed by atoms with Gasteiger partial charge in [-0.3, -0.25) is 19.3 Å². The van der Waals surface area contributed by atoms with E-state index in [9.17, 15) is 14.4 Å². The molecular weight excluding hydrogens is 376 g/mol. The van der Waals surface area contributed by atoms with Gasteiger partial charge in [0, 0.05) is 24.8 Å². The number of carbonyl (C=O) groups excluding carboxylic acids is 3. The summed E-state index contributed by atoms with van der Waals surface area (Å²) in [6.07, 6.45) is 1.56. The highest BCUT2D eigenvalue weighted by molar-refractivity contribution is 7.12. The van der Waals surface area contributed by atoms with Crippen molar-refractivity contribution in [3.8, 4) is 0 Å². The van der Waals surface area contributed by atoms with Gasteiger partial charge in [-0.25, -0.2) is 0 Å². The van der Waals surface area contributed by atoms with Crippen LogP contribution in [0.5, 0.6) is 0 Å². The SMILES string of the molecule is O=C(CN1CCC(NC(=O)CNC(=O)c2cccs2)CC1)Nc1ccccc1. The van der Waals surface area contributed by atoms with Crippen LogP contribution in [0.25, 0.3) is 0 Å². The molecule has 3 rings (SSSR count). The van der Waals surface area contributed by atoms with Crippen molar-refractivity contribution in [1.29, 1.82) is 0 Å². The van der Waals surface area contributed by atoms with Gasteiger partial charge in [-0.1, -0.05) is 24.3 Å². The van der Waals surface area contributed by atoms with E-state index < -0.39 is 0 Å². The van der Waals surface area contributed by atoms with Crippen LogP contribution in [0, 0.1) is 0 Å². The molecule has 1 aliphatic rings. The van der Waals surface area contributed by atoms with Gasteiger partial charge < -0.3 is 16.0 Å². The Hall–Kier alpha value is -2.71. The lowest BCUT2D eigenvalue weighted by molar-refractivity contribution is -0.121. The number of carbonyl (C=O) groups is 3. The first-order valence-electron chi connectivity index (χ1n) is 9.28. The quantitative estimate of drug-likeness (QED) is 0.660. The van der Waals surface area contributed by atoms with E-state index in [1.807, 2.05) is 35.7 Å². The Morgan fingerprint density at radius 2 is 1.75 bits per heavy atom. The van der Waals surface area contributed by atoms with Gasteiger partial charge in [-0.05, 0) is 36.4 Å². The zero-order valence-electron chi connectivity index (χ0n) is 15.5. The number of benzene rings is 1. The highest BCUT2D eigenvalue weighted by Gasteiger charge is 2.22. The molecule has 148 valence electrons. The van der Waals surface area contributed by atoms with Crippen LogP contribution in [0.4, 0.5) is 5.69 Å². The molecule has 3 N–H and O–H groups in total. The average Bonchev–Trinajstić information content (AvgIpc) is 3.23. The van der Waals surface area contributed by atoms with Crippen LogP contribution in [-0.4, -0.2) is 54.8 Å². The van der Waals surface area contributed by atoms with Crippen molar-refractivity contribution < 1.29 is 14.4 Å². The Labute approximate surface area is 168 Å². The third-order valence-electron chi connectivity index (χ3n) is 4.53. The van der Waals surface area contributed by atoms with Crippen LogP contribution in [0.15, 0.2) is 47.8 Å². The van der Waals surface area contributed by atoms with E-state index in [1.54, 1.807) is 12.1 Å². The Bertz CT molecular complexity index is 787. The number of nitrogens with one attached hydrogen (secondary N) is 3. The van der Waals surface area contributed by atoms with E-state index in [4.69, 9.17) is 0 Å². The van der Waals surface area contributed by atoms with Crippen molar-refractivity contribution in [2.24, 2.45) is 0 Å². The molecule has 1 fully saturated rings. The van der Waals surface area contributed by atoms with Crippen molar-refractivity contribution in [2.45, 2.75) is 18.9 Å². The summed E-state index contributed by atoms with van der Waals surface area (Å²) in [5, 5.41) is 10.3. The number of para-hydroxylation sites is 1. The van der Waals surface area contributed by atoms with Crippen molar-refractivity contribution in [3.05, 3.63) is 52.7 Å².